The molecule has 0 radical (unpaired) electrons. The van der Waals surface area contributed by atoms with Gasteiger partial charge in [-0.3, -0.25) is 14.2 Å². The van der Waals surface area contributed by atoms with Gasteiger partial charge in [-0.25, -0.2) is 4.98 Å². The topological polar surface area (TPSA) is 137 Å². The molecule has 11 nitrogen and oxygen atoms in total. The number of alkyl halides is 2. The van der Waals surface area contributed by atoms with E-state index in [2.05, 4.69) is 25.1 Å². The lowest BCUT2D eigenvalue weighted by Crippen LogP contribution is -2.46. The van der Waals surface area contributed by atoms with Crippen LogP contribution >= 0.6 is 11.6 Å². The number of rotatable bonds is 5. The Balaban J connectivity index is 1.49. The van der Waals surface area contributed by atoms with Gasteiger partial charge >= 0.3 is 12.0 Å². The summed E-state index contributed by atoms with van der Waals surface area (Å²) in [6, 6.07) is 6.58. The third kappa shape index (κ3) is 3.84. The first kappa shape index (κ1) is 19.8. The Bertz CT molecular complexity index is 1170. The number of halogens is 3. The number of aliphatic hydroxyl groups is 1. The van der Waals surface area contributed by atoms with Crippen molar-refractivity contribution in [2.45, 2.75) is 25.3 Å². The van der Waals surface area contributed by atoms with Crippen molar-refractivity contribution in [3.05, 3.63) is 57.4 Å². The highest BCUT2D eigenvalue weighted by molar-refractivity contribution is 6.30. The molecule has 0 aliphatic carbocycles. The van der Waals surface area contributed by atoms with E-state index in [1.54, 1.807) is 29.6 Å². The second-order valence-electron chi connectivity index (χ2n) is 6.26. The average Bonchev–Trinajstić information content (AvgIpc) is 3.13. The van der Waals surface area contributed by atoms with Crippen LogP contribution in [0, 0.1) is 0 Å². The summed E-state index contributed by atoms with van der Waals surface area (Å²) >= 11 is 5.81. The number of aromatic nitrogens is 6. The lowest BCUT2D eigenvalue weighted by atomic mass is 10.1. The number of hydrogen-bond donors (Lipinski definition) is 2. The van der Waals surface area contributed by atoms with Crippen LogP contribution in [0.4, 0.5) is 14.5 Å². The van der Waals surface area contributed by atoms with Crippen LogP contribution in [-0.4, -0.2) is 46.9 Å². The molecular formula is C16H12ClF2N7O4. The molecule has 30 heavy (non-hydrogen) atoms. The molecule has 1 atom stereocenters. The van der Waals surface area contributed by atoms with Gasteiger partial charge in [-0.15, -0.1) is 10.2 Å². The number of carbonyl (C=O) groups excluding carboxylic acids is 1. The van der Waals surface area contributed by atoms with Gasteiger partial charge in [0.05, 0.1) is 13.1 Å². The Morgan fingerprint density at radius 3 is 2.73 bits per heavy atom. The molecule has 2 N–H and O–H groups in total. The van der Waals surface area contributed by atoms with Crippen LogP contribution in [0.15, 0.2) is 35.4 Å². The van der Waals surface area contributed by atoms with Gasteiger partial charge in [0.15, 0.2) is 11.5 Å². The number of anilines is 1. The standard InChI is InChI=1S/C16H12ClF2N7O4/c17-9-3-1-8(2-4-9)10(27)5-26-23-11(22-24-26)6-25-7-20-13-12(14(25)28)21-15(29)16(18,19)30-13/h1-4,7,10,27H,5-6H2,(H,21,29)/t10-/m0/s1. The highest BCUT2D eigenvalue weighted by Gasteiger charge is 2.48. The Morgan fingerprint density at radius 2 is 2.00 bits per heavy atom. The fourth-order valence-corrected chi connectivity index (χ4v) is 2.77. The van der Waals surface area contributed by atoms with Crippen molar-refractivity contribution >= 4 is 23.2 Å². The smallest absolute Gasteiger partial charge is 0.405 e. The molecule has 1 aromatic carbocycles. The summed E-state index contributed by atoms with van der Waals surface area (Å²) in [6.07, 6.45) is -4.09. The molecule has 14 heteroatoms. The second kappa shape index (κ2) is 7.42. The summed E-state index contributed by atoms with van der Waals surface area (Å²) in [5.41, 5.74) is -0.749. The highest BCUT2D eigenvalue weighted by Crippen LogP contribution is 2.30. The number of nitrogens with one attached hydrogen (secondary N) is 1. The fourth-order valence-electron chi connectivity index (χ4n) is 2.64. The SMILES string of the molecule is O=C1Nc2c(ncn(Cc3nnn(C[C@H](O)c4ccc(Cl)cc4)n3)c2=O)OC1(F)F. The molecule has 3 heterocycles. The van der Waals surface area contributed by atoms with Gasteiger partial charge < -0.3 is 15.2 Å². The number of amides is 1. The van der Waals surface area contributed by atoms with Gasteiger partial charge in [-0.05, 0) is 22.9 Å². The maximum atomic E-state index is 13.3. The van der Waals surface area contributed by atoms with Crippen LogP contribution in [0.2, 0.25) is 5.02 Å². The minimum atomic E-state index is -4.12. The summed E-state index contributed by atoms with van der Waals surface area (Å²) in [4.78, 5) is 28.5. The van der Waals surface area contributed by atoms with Crippen LogP contribution in [0.5, 0.6) is 5.88 Å². The summed E-state index contributed by atoms with van der Waals surface area (Å²) < 4.78 is 31.7. The van der Waals surface area contributed by atoms with Gasteiger partial charge in [0, 0.05) is 5.02 Å². The molecule has 156 valence electrons. The molecule has 0 saturated heterocycles. The fraction of sp³-hybridized carbons (Fsp3) is 0.250. The predicted octanol–water partition coefficient (Wildman–Crippen LogP) is 0.589. The lowest BCUT2D eigenvalue weighted by Gasteiger charge is -2.23. The Hall–Kier alpha value is -3.45. The number of aliphatic hydroxyl groups excluding tert-OH is 1. The number of ether oxygens (including phenoxy) is 1. The summed E-state index contributed by atoms with van der Waals surface area (Å²) in [7, 11) is 0. The molecule has 2 aromatic heterocycles. The lowest BCUT2D eigenvalue weighted by molar-refractivity contribution is -0.190. The van der Waals surface area contributed by atoms with Gasteiger partial charge in [0.1, 0.15) is 12.4 Å². The number of hydrogen-bond acceptors (Lipinski definition) is 8. The van der Waals surface area contributed by atoms with Crippen molar-refractivity contribution in [1.82, 2.24) is 29.8 Å². The van der Waals surface area contributed by atoms with Gasteiger partial charge in [-0.2, -0.15) is 13.6 Å². The van der Waals surface area contributed by atoms with Gasteiger partial charge in [0.2, 0.25) is 0 Å². The largest absolute Gasteiger partial charge is 0.483 e. The van der Waals surface area contributed by atoms with E-state index in [-0.39, 0.29) is 18.9 Å². The van der Waals surface area contributed by atoms with Crippen molar-refractivity contribution in [3.63, 3.8) is 0 Å². The zero-order valence-corrected chi connectivity index (χ0v) is 15.6. The Kier molecular flexibility index (Phi) is 4.91. The van der Waals surface area contributed by atoms with E-state index in [1.165, 1.54) is 0 Å². The molecule has 0 fully saturated rings. The third-order valence-electron chi connectivity index (χ3n) is 4.13. The molecule has 1 amide bonds. The third-order valence-corrected chi connectivity index (χ3v) is 4.38. The monoisotopic (exact) mass is 439 g/mol. The van der Waals surface area contributed by atoms with Gasteiger partial charge in [0.25, 0.3) is 11.4 Å². The van der Waals surface area contributed by atoms with Gasteiger partial charge in [-0.1, -0.05) is 23.7 Å². The average molecular weight is 440 g/mol. The second-order valence-corrected chi connectivity index (χ2v) is 6.70. The number of tetrazole rings is 1. The van der Waals surface area contributed by atoms with E-state index in [4.69, 9.17) is 11.6 Å². The van der Waals surface area contributed by atoms with Crippen LogP contribution < -0.4 is 15.6 Å². The Morgan fingerprint density at radius 1 is 1.27 bits per heavy atom. The number of nitrogens with zero attached hydrogens (tertiary/aromatic N) is 6. The highest BCUT2D eigenvalue weighted by atomic mass is 35.5. The van der Waals surface area contributed by atoms with Crippen LogP contribution in [0.1, 0.15) is 17.5 Å². The molecular weight excluding hydrogens is 428 g/mol. The zero-order valence-electron chi connectivity index (χ0n) is 14.9. The van der Waals surface area contributed by atoms with E-state index in [9.17, 15) is 23.5 Å². The van der Waals surface area contributed by atoms with Crippen LogP contribution in [0.3, 0.4) is 0 Å². The first-order valence-corrected chi connectivity index (χ1v) is 8.78. The maximum Gasteiger partial charge on any atom is 0.483 e. The predicted molar refractivity (Wildman–Crippen MR) is 96.0 cm³/mol. The number of fused-ring (bicyclic) bond motifs is 1. The molecule has 0 bridgehead atoms. The van der Waals surface area contributed by atoms with Crippen molar-refractivity contribution in [2.24, 2.45) is 0 Å². The first-order chi connectivity index (χ1) is 14.2. The zero-order chi connectivity index (χ0) is 21.5. The van der Waals surface area contributed by atoms with Crippen molar-refractivity contribution in [3.8, 4) is 5.88 Å². The normalized spacial score (nSPS) is 15.8. The van der Waals surface area contributed by atoms with E-state index in [1.807, 2.05) is 0 Å². The molecule has 1 aliphatic rings. The van der Waals surface area contributed by atoms with Crippen molar-refractivity contribution in [1.29, 1.82) is 0 Å². The van der Waals surface area contributed by atoms with E-state index in [0.717, 1.165) is 15.7 Å². The molecule has 0 saturated carbocycles. The van der Waals surface area contributed by atoms with E-state index in [0.29, 0.717) is 10.6 Å². The van der Waals surface area contributed by atoms with E-state index >= 15 is 0 Å². The number of benzene rings is 1. The van der Waals surface area contributed by atoms with Crippen molar-refractivity contribution in [2.75, 3.05) is 5.32 Å². The van der Waals surface area contributed by atoms with E-state index < -0.39 is 35.2 Å². The molecule has 4 rings (SSSR count). The molecule has 3 aromatic rings. The quantitative estimate of drug-likeness (QED) is 0.589. The van der Waals surface area contributed by atoms with Crippen LogP contribution in [0.25, 0.3) is 0 Å². The first-order valence-electron chi connectivity index (χ1n) is 8.41. The number of carbonyl (C=O) groups is 1. The summed E-state index contributed by atoms with van der Waals surface area (Å²) in [5.74, 6) is -2.37. The minimum Gasteiger partial charge on any atom is -0.405 e. The maximum absolute atomic E-state index is 13.3. The molecule has 0 spiro atoms. The Labute approximate surface area is 170 Å². The summed E-state index contributed by atoms with van der Waals surface area (Å²) in [6.45, 7) is -0.215. The molecule has 0 unspecified atom stereocenters. The summed E-state index contributed by atoms with van der Waals surface area (Å²) in [5, 5.41) is 24.2. The van der Waals surface area contributed by atoms with Crippen molar-refractivity contribution < 1.29 is 23.4 Å². The molecule has 1 aliphatic heterocycles. The van der Waals surface area contributed by atoms with Crippen LogP contribution in [-0.2, 0) is 17.9 Å². The minimum absolute atomic E-state index is 0.00898.